The number of carboxylic acids is 1. The third kappa shape index (κ3) is 4.62. The molecule has 0 bridgehead atoms. The highest BCUT2D eigenvalue weighted by atomic mass is 16.5. The highest BCUT2D eigenvalue weighted by Gasteiger charge is 2.16. The van der Waals surface area contributed by atoms with E-state index in [0.717, 1.165) is 0 Å². The molecule has 0 atom stereocenters. The zero-order chi connectivity index (χ0) is 21.7. The quantitative estimate of drug-likeness (QED) is 0.378. The Labute approximate surface area is 170 Å². The minimum atomic E-state index is -1.15. The summed E-state index contributed by atoms with van der Waals surface area (Å²) >= 11 is 0. The largest absolute Gasteiger partial charge is 0.490 e. The molecule has 0 spiro atoms. The van der Waals surface area contributed by atoms with Crippen molar-refractivity contribution in [3.05, 3.63) is 47.8 Å². The molecule has 1 aromatic carbocycles. The Kier molecular flexibility index (Phi) is 6.08. The van der Waals surface area contributed by atoms with Crippen LogP contribution in [0.3, 0.4) is 0 Å². The molecule has 0 aliphatic carbocycles. The van der Waals surface area contributed by atoms with Gasteiger partial charge in [0.05, 0.1) is 17.4 Å². The minimum absolute atomic E-state index is 0.0201. The van der Waals surface area contributed by atoms with Gasteiger partial charge in [0.2, 0.25) is 0 Å². The van der Waals surface area contributed by atoms with E-state index in [0.29, 0.717) is 5.65 Å². The number of aromatic nitrogens is 3. The molecule has 0 unspecified atom stereocenters. The molecule has 3 amide bonds. The van der Waals surface area contributed by atoms with Crippen LogP contribution in [0.5, 0.6) is 5.75 Å². The van der Waals surface area contributed by atoms with Gasteiger partial charge in [-0.15, -0.1) is 0 Å². The molecule has 0 radical (unpaired) electrons. The molecule has 12 nitrogen and oxygen atoms in total. The lowest BCUT2D eigenvalue weighted by molar-refractivity contribution is 0.0696. The molecule has 30 heavy (non-hydrogen) atoms. The van der Waals surface area contributed by atoms with Crippen LogP contribution in [0, 0.1) is 0 Å². The third-order valence-corrected chi connectivity index (χ3v) is 3.87. The number of aromatic carboxylic acids is 1. The molecule has 0 aliphatic rings. The van der Waals surface area contributed by atoms with Crippen LogP contribution in [0.1, 0.15) is 20.8 Å². The van der Waals surface area contributed by atoms with E-state index in [-0.39, 0.29) is 41.7 Å². The van der Waals surface area contributed by atoms with Crippen LogP contribution in [0.15, 0.2) is 36.5 Å². The average Bonchev–Trinajstić information content (AvgIpc) is 3.13. The van der Waals surface area contributed by atoms with Gasteiger partial charge in [-0.25, -0.2) is 19.1 Å². The van der Waals surface area contributed by atoms with Gasteiger partial charge in [0, 0.05) is 13.6 Å². The van der Waals surface area contributed by atoms with Gasteiger partial charge in [-0.3, -0.25) is 10.1 Å². The Morgan fingerprint density at radius 3 is 2.70 bits per heavy atom. The summed E-state index contributed by atoms with van der Waals surface area (Å²) in [7, 11) is 1.47. The normalized spacial score (nSPS) is 10.5. The maximum atomic E-state index is 12.7. The fraction of sp³-hybridized carbons (Fsp3) is 0.167. The van der Waals surface area contributed by atoms with E-state index in [1.807, 2.05) is 0 Å². The maximum Gasteiger partial charge on any atom is 0.335 e. The second kappa shape index (κ2) is 8.87. The lowest BCUT2D eigenvalue weighted by Crippen LogP contribution is -2.24. The van der Waals surface area contributed by atoms with Crippen molar-refractivity contribution >= 4 is 35.1 Å². The summed E-state index contributed by atoms with van der Waals surface area (Å²) in [6.07, 6.45) is 1.45. The molecule has 2 aromatic heterocycles. The number of carbonyl (C=O) groups excluding carboxylic acids is 2. The van der Waals surface area contributed by atoms with Gasteiger partial charge in [-0.2, -0.15) is 5.10 Å². The number of hydrogen-bond acceptors (Lipinski definition) is 7. The van der Waals surface area contributed by atoms with E-state index >= 15 is 0 Å². The number of carbonyl (C=O) groups is 3. The first-order chi connectivity index (χ1) is 14.4. The molecular weight excluding hydrogens is 394 g/mol. The van der Waals surface area contributed by atoms with Crippen LogP contribution < -0.4 is 26.4 Å². The number of imidazole rings is 1. The number of fused-ring (bicyclic) bond motifs is 1. The number of hydrogen-bond donors (Lipinski definition) is 5. The second-order valence-electron chi connectivity index (χ2n) is 5.96. The average molecular weight is 413 g/mol. The highest BCUT2D eigenvalue weighted by molar-refractivity contribution is 6.04. The number of nitrogens with two attached hydrogens (primary N) is 1. The molecule has 12 heteroatoms. The summed E-state index contributed by atoms with van der Waals surface area (Å²) in [6, 6.07) is 6.64. The SMILES string of the molecule is CNC(=O)Nc1cn2nc(C(=O)Nc3cc(C(=O)O)ccc3OCCN)ccc2n1. The Morgan fingerprint density at radius 2 is 2.00 bits per heavy atom. The Hall–Kier alpha value is -4.19. The Balaban J connectivity index is 1.85. The number of amides is 3. The summed E-state index contributed by atoms with van der Waals surface area (Å²) in [6.45, 7) is 0.439. The molecule has 2 heterocycles. The Bertz CT molecular complexity index is 1110. The molecule has 0 aliphatic heterocycles. The molecule has 3 rings (SSSR count). The molecule has 6 N–H and O–H groups in total. The predicted octanol–water partition coefficient (Wildman–Crippen LogP) is 0.769. The first kappa shape index (κ1) is 20.5. The number of rotatable bonds is 7. The van der Waals surface area contributed by atoms with Crippen LogP contribution in [0.25, 0.3) is 5.65 Å². The lowest BCUT2D eigenvalue weighted by atomic mass is 10.2. The van der Waals surface area contributed by atoms with Crippen molar-refractivity contribution in [3.63, 3.8) is 0 Å². The van der Waals surface area contributed by atoms with Crippen molar-refractivity contribution < 1.29 is 24.2 Å². The first-order valence-corrected chi connectivity index (χ1v) is 8.78. The van der Waals surface area contributed by atoms with Crippen LogP contribution >= 0.6 is 0 Å². The van der Waals surface area contributed by atoms with E-state index in [9.17, 15) is 19.5 Å². The topological polar surface area (TPSA) is 173 Å². The van der Waals surface area contributed by atoms with Crippen molar-refractivity contribution in [2.45, 2.75) is 0 Å². The summed E-state index contributed by atoms with van der Waals surface area (Å²) < 4.78 is 6.80. The number of nitrogens with one attached hydrogen (secondary N) is 3. The van der Waals surface area contributed by atoms with E-state index in [1.165, 1.54) is 42.0 Å². The predicted molar refractivity (Wildman–Crippen MR) is 107 cm³/mol. The molecule has 156 valence electrons. The van der Waals surface area contributed by atoms with Crippen molar-refractivity contribution in [2.24, 2.45) is 5.73 Å². The third-order valence-electron chi connectivity index (χ3n) is 3.87. The van der Waals surface area contributed by atoms with Crippen molar-refractivity contribution in [3.8, 4) is 5.75 Å². The summed E-state index contributed by atoms with van der Waals surface area (Å²) in [5.41, 5.74) is 6.04. The zero-order valence-electron chi connectivity index (χ0n) is 15.9. The summed E-state index contributed by atoms with van der Waals surface area (Å²) in [4.78, 5) is 39.5. The van der Waals surface area contributed by atoms with E-state index in [2.05, 4.69) is 26.0 Å². The molecule has 3 aromatic rings. The van der Waals surface area contributed by atoms with Gasteiger partial charge < -0.3 is 26.2 Å². The zero-order valence-corrected chi connectivity index (χ0v) is 15.9. The number of ether oxygens (including phenoxy) is 1. The number of nitrogens with zero attached hydrogens (tertiary/aromatic N) is 3. The highest BCUT2D eigenvalue weighted by Crippen LogP contribution is 2.26. The van der Waals surface area contributed by atoms with Gasteiger partial charge in [0.1, 0.15) is 18.1 Å². The summed E-state index contributed by atoms with van der Waals surface area (Å²) in [5, 5.41) is 20.9. The Morgan fingerprint density at radius 1 is 1.20 bits per heavy atom. The van der Waals surface area contributed by atoms with Crippen molar-refractivity contribution in [1.82, 2.24) is 19.9 Å². The van der Waals surface area contributed by atoms with Crippen LogP contribution in [0.2, 0.25) is 0 Å². The number of benzene rings is 1. The van der Waals surface area contributed by atoms with Gasteiger partial charge in [0.15, 0.2) is 11.5 Å². The van der Waals surface area contributed by atoms with Gasteiger partial charge in [0.25, 0.3) is 5.91 Å². The van der Waals surface area contributed by atoms with Crippen LogP contribution in [0.4, 0.5) is 16.3 Å². The number of carboxylic acid groups (broad SMARTS) is 1. The summed E-state index contributed by atoms with van der Waals surface area (Å²) in [5.74, 6) is -1.21. The van der Waals surface area contributed by atoms with Crippen molar-refractivity contribution in [2.75, 3.05) is 30.8 Å². The molecule has 0 fully saturated rings. The fourth-order valence-electron chi connectivity index (χ4n) is 2.48. The minimum Gasteiger partial charge on any atom is -0.490 e. The number of urea groups is 1. The second-order valence-corrected chi connectivity index (χ2v) is 5.96. The van der Waals surface area contributed by atoms with Gasteiger partial charge in [-0.1, -0.05) is 0 Å². The number of anilines is 2. The van der Waals surface area contributed by atoms with E-state index < -0.39 is 17.9 Å². The van der Waals surface area contributed by atoms with Crippen molar-refractivity contribution in [1.29, 1.82) is 0 Å². The molecule has 0 saturated carbocycles. The monoisotopic (exact) mass is 413 g/mol. The van der Waals surface area contributed by atoms with Gasteiger partial charge >= 0.3 is 12.0 Å². The lowest BCUT2D eigenvalue weighted by Gasteiger charge is -2.12. The standard InChI is InChI=1S/C18H19N7O5/c1-20-18(29)23-14-9-25-15(22-14)5-3-11(24-25)16(26)21-12-8-10(17(27)28)2-4-13(12)30-7-6-19/h2-5,8-9H,6-7,19H2,1H3,(H,21,26)(H,27,28)(H2,20,23,29). The van der Waals surface area contributed by atoms with Gasteiger partial charge in [-0.05, 0) is 30.3 Å². The van der Waals surface area contributed by atoms with Crippen LogP contribution in [-0.4, -0.2) is 57.8 Å². The molecular formula is C18H19N7O5. The van der Waals surface area contributed by atoms with E-state index in [4.69, 9.17) is 10.5 Å². The molecule has 0 saturated heterocycles. The first-order valence-electron chi connectivity index (χ1n) is 8.78. The van der Waals surface area contributed by atoms with Crippen LogP contribution in [-0.2, 0) is 0 Å². The fourth-order valence-corrected chi connectivity index (χ4v) is 2.48. The smallest absolute Gasteiger partial charge is 0.335 e. The van der Waals surface area contributed by atoms with E-state index in [1.54, 1.807) is 6.07 Å². The maximum absolute atomic E-state index is 12.7.